The van der Waals surface area contributed by atoms with Gasteiger partial charge in [0.05, 0.1) is 12.5 Å². The van der Waals surface area contributed by atoms with Gasteiger partial charge in [0.2, 0.25) is 0 Å². The molecule has 0 spiro atoms. The summed E-state index contributed by atoms with van der Waals surface area (Å²) in [6, 6.07) is 8.48. The molecule has 3 rings (SSSR count). The number of nitrogens with zero attached hydrogens (tertiary/aromatic N) is 2. The molecule has 0 bridgehead atoms. The Morgan fingerprint density at radius 1 is 1.14 bits per heavy atom. The lowest BCUT2D eigenvalue weighted by atomic mass is 10.0. The molecule has 1 aromatic carbocycles. The van der Waals surface area contributed by atoms with Crippen LogP contribution in [0.15, 0.2) is 18.2 Å². The van der Waals surface area contributed by atoms with Crippen molar-refractivity contribution in [1.82, 2.24) is 10.2 Å². The first-order chi connectivity index (χ1) is 9.88. The zero-order valence-electron chi connectivity index (χ0n) is 12.3. The number of hydrogen-bond donors (Lipinski definition) is 1. The van der Waals surface area contributed by atoms with E-state index >= 15 is 0 Å². The lowest BCUT2D eigenvalue weighted by Gasteiger charge is -2.34. The van der Waals surface area contributed by atoms with E-state index in [1.807, 2.05) is 12.1 Å². The summed E-state index contributed by atoms with van der Waals surface area (Å²) in [6.45, 7) is 5.10. The van der Waals surface area contributed by atoms with E-state index < -0.39 is 0 Å². The van der Waals surface area contributed by atoms with Crippen LogP contribution in [0.25, 0.3) is 0 Å². The summed E-state index contributed by atoms with van der Waals surface area (Å²) in [4.78, 5) is 2.37. The Balaban J connectivity index is 0.00000121. The summed E-state index contributed by atoms with van der Waals surface area (Å²) in [6.07, 6.45) is 0.500. The molecule has 122 valence electrons. The van der Waals surface area contributed by atoms with Crippen molar-refractivity contribution in [3.63, 3.8) is 0 Å². The molecule has 2 aliphatic rings. The van der Waals surface area contributed by atoms with Crippen LogP contribution < -0.4 is 14.8 Å². The third-order valence-corrected chi connectivity index (χ3v) is 3.83. The van der Waals surface area contributed by atoms with Crippen LogP contribution in [0.2, 0.25) is 0 Å². The number of piperazine rings is 1. The lowest BCUT2D eigenvalue weighted by Crippen LogP contribution is -2.45. The lowest BCUT2D eigenvalue weighted by molar-refractivity contribution is 0.165. The van der Waals surface area contributed by atoms with Crippen LogP contribution in [0.1, 0.15) is 18.0 Å². The minimum absolute atomic E-state index is 0. The molecule has 0 saturated carbocycles. The predicted octanol–water partition coefficient (Wildman–Crippen LogP) is 2.16. The molecule has 2 heterocycles. The summed E-state index contributed by atoms with van der Waals surface area (Å²) >= 11 is 0. The maximum absolute atomic E-state index is 9.12. The van der Waals surface area contributed by atoms with Crippen molar-refractivity contribution in [3.8, 4) is 17.6 Å². The van der Waals surface area contributed by atoms with Gasteiger partial charge in [-0.2, -0.15) is 5.26 Å². The van der Waals surface area contributed by atoms with E-state index in [1.165, 1.54) is 0 Å². The number of fused-ring (bicyclic) bond motifs is 1. The van der Waals surface area contributed by atoms with E-state index in [-0.39, 0.29) is 30.9 Å². The first-order valence-corrected chi connectivity index (χ1v) is 7.10. The van der Waals surface area contributed by atoms with Gasteiger partial charge in [0.25, 0.3) is 0 Å². The monoisotopic (exact) mass is 345 g/mol. The zero-order valence-corrected chi connectivity index (χ0v) is 13.9. The highest BCUT2D eigenvalue weighted by molar-refractivity contribution is 5.85. The molecule has 5 nitrogen and oxygen atoms in total. The Kier molecular flexibility index (Phi) is 7.77. The van der Waals surface area contributed by atoms with Crippen molar-refractivity contribution in [2.45, 2.75) is 12.5 Å². The molecule has 0 aliphatic carbocycles. The highest BCUT2D eigenvalue weighted by Crippen LogP contribution is 2.35. The van der Waals surface area contributed by atoms with Gasteiger partial charge in [-0.1, -0.05) is 6.07 Å². The number of benzene rings is 1. The highest BCUT2D eigenvalue weighted by Gasteiger charge is 2.23. The molecule has 1 aromatic rings. The molecule has 0 radical (unpaired) electrons. The van der Waals surface area contributed by atoms with Crippen molar-refractivity contribution in [3.05, 3.63) is 23.8 Å². The van der Waals surface area contributed by atoms with Crippen LogP contribution in [0, 0.1) is 11.3 Å². The predicted molar refractivity (Wildman–Crippen MR) is 89.3 cm³/mol. The Morgan fingerprint density at radius 3 is 2.50 bits per heavy atom. The first-order valence-electron chi connectivity index (χ1n) is 7.10. The average molecular weight is 346 g/mol. The molecule has 1 N–H and O–H groups in total. The topological polar surface area (TPSA) is 57.5 Å². The van der Waals surface area contributed by atoms with Crippen LogP contribution >= 0.6 is 24.8 Å². The van der Waals surface area contributed by atoms with Crippen molar-refractivity contribution in [2.24, 2.45) is 0 Å². The maximum atomic E-state index is 9.12. The highest BCUT2D eigenvalue weighted by atomic mass is 35.5. The van der Waals surface area contributed by atoms with E-state index in [0.717, 1.165) is 43.2 Å². The van der Waals surface area contributed by atoms with Crippen LogP contribution in [0.5, 0.6) is 11.5 Å². The average Bonchev–Trinajstić information content (AvgIpc) is 2.53. The SMILES string of the molecule is Cl.Cl.N#CC[C@H](c1ccc2c(c1)OCCO2)N1CCNCC1. The molecule has 1 fully saturated rings. The third-order valence-electron chi connectivity index (χ3n) is 3.83. The molecule has 7 heteroatoms. The van der Waals surface area contributed by atoms with E-state index in [0.29, 0.717) is 19.6 Å². The largest absolute Gasteiger partial charge is 0.486 e. The molecular formula is C15H21Cl2N3O2. The van der Waals surface area contributed by atoms with Crippen LogP contribution in [-0.2, 0) is 0 Å². The van der Waals surface area contributed by atoms with E-state index in [2.05, 4.69) is 22.4 Å². The fourth-order valence-corrected chi connectivity index (χ4v) is 2.81. The number of halogens is 2. The Morgan fingerprint density at radius 2 is 1.82 bits per heavy atom. The normalized spacial score (nSPS) is 18.3. The van der Waals surface area contributed by atoms with Gasteiger partial charge in [-0.15, -0.1) is 24.8 Å². The summed E-state index contributed by atoms with van der Waals surface area (Å²) in [5.41, 5.74) is 1.14. The number of nitriles is 1. The van der Waals surface area contributed by atoms with Gasteiger partial charge in [0, 0.05) is 32.2 Å². The Labute approximate surface area is 143 Å². The summed E-state index contributed by atoms with van der Waals surface area (Å²) < 4.78 is 11.2. The standard InChI is InChI=1S/C15H19N3O2.2ClH/c16-4-3-13(18-7-5-17-6-8-18)12-1-2-14-15(11-12)20-10-9-19-14;;/h1-2,11,13,17H,3,5-10H2;2*1H/t13-;;/m1../s1. The maximum Gasteiger partial charge on any atom is 0.161 e. The second-order valence-corrected chi connectivity index (χ2v) is 5.07. The van der Waals surface area contributed by atoms with Gasteiger partial charge >= 0.3 is 0 Å². The first kappa shape index (κ1) is 18.9. The number of nitrogens with one attached hydrogen (secondary N) is 1. The molecule has 0 amide bonds. The van der Waals surface area contributed by atoms with Crippen LogP contribution in [0.4, 0.5) is 0 Å². The van der Waals surface area contributed by atoms with Crippen molar-refractivity contribution < 1.29 is 9.47 Å². The number of hydrogen-bond acceptors (Lipinski definition) is 5. The second-order valence-electron chi connectivity index (χ2n) is 5.07. The fraction of sp³-hybridized carbons (Fsp3) is 0.533. The third kappa shape index (κ3) is 4.17. The molecule has 1 saturated heterocycles. The van der Waals surface area contributed by atoms with Crippen molar-refractivity contribution in [2.75, 3.05) is 39.4 Å². The zero-order chi connectivity index (χ0) is 13.8. The van der Waals surface area contributed by atoms with Crippen molar-refractivity contribution >= 4 is 24.8 Å². The Bertz CT molecular complexity index is 516. The molecule has 0 aromatic heterocycles. The van der Waals surface area contributed by atoms with Gasteiger partial charge in [0.15, 0.2) is 11.5 Å². The fourth-order valence-electron chi connectivity index (χ4n) is 2.81. The molecule has 2 aliphatic heterocycles. The second kappa shape index (κ2) is 9.06. The van der Waals surface area contributed by atoms with Crippen LogP contribution in [-0.4, -0.2) is 44.3 Å². The van der Waals surface area contributed by atoms with Gasteiger partial charge < -0.3 is 14.8 Å². The molecule has 1 atom stereocenters. The molecular weight excluding hydrogens is 325 g/mol. The van der Waals surface area contributed by atoms with Gasteiger partial charge in [-0.25, -0.2) is 0 Å². The molecule has 0 unspecified atom stereocenters. The van der Waals surface area contributed by atoms with E-state index in [9.17, 15) is 0 Å². The van der Waals surface area contributed by atoms with E-state index in [4.69, 9.17) is 14.7 Å². The minimum atomic E-state index is 0. The quantitative estimate of drug-likeness (QED) is 0.909. The van der Waals surface area contributed by atoms with Gasteiger partial charge in [-0.05, 0) is 17.7 Å². The summed E-state index contributed by atoms with van der Waals surface area (Å²) in [7, 11) is 0. The molecule has 22 heavy (non-hydrogen) atoms. The van der Waals surface area contributed by atoms with Gasteiger partial charge in [-0.3, -0.25) is 4.90 Å². The minimum Gasteiger partial charge on any atom is -0.486 e. The van der Waals surface area contributed by atoms with Gasteiger partial charge in [0.1, 0.15) is 13.2 Å². The van der Waals surface area contributed by atoms with Crippen molar-refractivity contribution in [1.29, 1.82) is 5.26 Å². The number of ether oxygens (including phenoxy) is 2. The summed E-state index contributed by atoms with van der Waals surface area (Å²) in [5, 5.41) is 12.5. The smallest absolute Gasteiger partial charge is 0.161 e. The number of rotatable bonds is 3. The van der Waals surface area contributed by atoms with Crippen LogP contribution in [0.3, 0.4) is 0 Å². The van der Waals surface area contributed by atoms with E-state index in [1.54, 1.807) is 0 Å². The summed E-state index contributed by atoms with van der Waals surface area (Å²) in [5.74, 6) is 1.60. The Hall–Kier alpha value is -1.19.